The van der Waals surface area contributed by atoms with Crippen molar-refractivity contribution in [2.24, 2.45) is 0 Å². The zero-order chi connectivity index (χ0) is 29.3. The van der Waals surface area contributed by atoms with Gasteiger partial charge in [-0.05, 0) is 42.2 Å². The van der Waals surface area contributed by atoms with Crippen molar-refractivity contribution in [3.63, 3.8) is 0 Å². The van der Waals surface area contributed by atoms with E-state index in [0.29, 0.717) is 23.0 Å². The maximum absolute atomic E-state index is 15.9. The zero-order valence-corrected chi connectivity index (χ0v) is 22.7. The number of carbonyl (C=O) groups is 1. The van der Waals surface area contributed by atoms with Gasteiger partial charge in [-0.25, -0.2) is 18.7 Å². The summed E-state index contributed by atoms with van der Waals surface area (Å²) in [5.41, 5.74) is 1.35. The molecule has 4 aromatic rings. The van der Waals surface area contributed by atoms with Crippen molar-refractivity contribution in [1.29, 1.82) is 5.26 Å². The van der Waals surface area contributed by atoms with Gasteiger partial charge in [0.15, 0.2) is 5.82 Å². The number of amides is 1. The highest BCUT2D eigenvalue weighted by Crippen LogP contribution is 2.40. The van der Waals surface area contributed by atoms with Crippen LogP contribution in [-0.4, -0.2) is 43.4 Å². The van der Waals surface area contributed by atoms with E-state index in [1.165, 1.54) is 19.4 Å². The number of ether oxygens (including phenoxy) is 1. The van der Waals surface area contributed by atoms with Gasteiger partial charge < -0.3 is 19.2 Å². The number of imidazole rings is 1. The molecule has 3 heterocycles. The molecule has 1 aliphatic heterocycles. The molecular formula is C28H23F2N6O4S-. The summed E-state index contributed by atoms with van der Waals surface area (Å²) in [5, 5.41) is 11.8. The van der Waals surface area contributed by atoms with E-state index in [9.17, 15) is 18.8 Å². The highest BCUT2D eigenvalue weighted by molar-refractivity contribution is 7.81. The zero-order valence-electron chi connectivity index (χ0n) is 21.9. The van der Waals surface area contributed by atoms with Crippen LogP contribution >= 0.6 is 0 Å². The summed E-state index contributed by atoms with van der Waals surface area (Å²) >= 11 is -3.08. The molecule has 0 aliphatic carbocycles. The molecule has 2 aromatic heterocycles. The fourth-order valence-corrected chi connectivity index (χ4v) is 5.62. The van der Waals surface area contributed by atoms with E-state index in [0.717, 1.165) is 29.8 Å². The standard InChI is InChI=1S/C28H24F2N6O4S/c1-32-27(37)26-22-9-7-19(14-35(22)15-34-26)17-3-5-18(6-4-17)24-20(29)8-10-21(25(24)30)36(41(38)39)23-11-16(12-31)13-33-28(23)40-2/h3-6,8,10-11,13,15,19H,7,9,14H2,1-2H3,(H,32,37)(H,38,39)/p-1/t19-/m0/s1. The molecule has 1 unspecified atom stereocenters. The van der Waals surface area contributed by atoms with E-state index >= 15 is 8.78 Å². The molecule has 0 saturated heterocycles. The molecule has 41 heavy (non-hydrogen) atoms. The maximum Gasteiger partial charge on any atom is 0.271 e. The molecule has 2 atom stereocenters. The number of nitrogens with zero attached hydrogens (tertiary/aromatic N) is 5. The molecule has 13 heteroatoms. The fourth-order valence-electron chi connectivity index (χ4n) is 5.03. The molecular weight excluding hydrogens is 554 g/mol. The second-order valence-electron chi connectivity index (χ2n) is 9.26. The Labute approximate surface area is 236 Å². The van der Waals surface area contributed by atoms with Gasteiger partial charge in [-0.15, -0.1) is 0 Å². The van der Waals surface area contributed by atoms with Gasteiger partial charge in [0, 0.05) is 25.7 Å². The number of carbonyl (C=O) groups excluding carboxylic acids is 1. The molecule has 210 valence electrons. The number of nitriles is 1. The fraction of sp³-hybridized carbons (Fsp3) is 0.214. The van der Waals surface area contributed by atoms with Gasteiger partial charge in [0.25, 0.3) is 5.91 Å². The lowest BCUT2D eigenvalue weighted by Gasteiger charge is -2.28. The third-order valence-electron chi connectivity index (χ3n) is 7.02. The minimum atomic E-state index is -3.08. The first-order valence-electron chi connectivity index (χ1n) is 12.4. The molecule has 1 amide bonds. The first kappa shape index (κ1) is 27.9. The second-order valence-corrected chi connectivity index (χ2v) is 10.1. The van der Waals surface area contributed by atoms with Crippen molar-refractivity contribution >= 4 is 28.5 Å². The molecule has 2 aromatic carbocycles. The number of aromatic nitrogens is 3. The number of rotatable bonds is 7. The van der Waals surface area contributed by atoms with Gasteiger partial charge in [-0.3, -0.25) is 13.3 Å². The van der Waals surface area contributed by atoms with Crippen LogP contribution in [0.25, 0.3) is 11.1 Å². The average Bonchev–Trinajstić information content (AvgIpc) is 3.41. The van der Waals surface area contributed by atoms with Gasteiger partial charge in [0.2, 0.25) is 5.88 Å². The van der Waals surface area contributed by atoms with Crippen LogP contribution in [0, 0.1) is 23.0 Å². The minimum Gasteiger partial charge on any atom is -0.755 e. The Bertz CT molecular complexity index is 1700. The van der Waals surface area contributed by atoms with Crippen molar-refractivity contribution in [2.75, 3.05) is 18.5 Å². The monoisotopic (exact) mass is 577 g/mol. The first-order valence-corrected chi connectivity index (χ1v) is 13.5. The Morgan fingerprint density at radius 3 is 2.63 bits per heavy atom. The quantitative estimate of drug-likeness (QED) is 0.326. The molecule has 10 nitrogen and oxygen atoms in total. The number of nitrogens with one attached hydrogen (secondary N) is 1. The predicted octanol–water partition coefficient (Wildman–Crippen LogP) is 4.13. The third-order valence-corrected chi connectivity index (χ3v) is 7.71. The van der Waals surface area contributed by atoms with Crippen LogP contribution < -0.4 is 14.4 Å². The lowest BCUT2D eigenvalue weighted by molar-refractivity contribution is 0.0957. The summed E-state index contributed by atoms with van der Waals surface area (Å²) in [6.45, 7) is 0.596. The van der Waals surface area contributed by atoms with Crippen molar-refractivity contribution in [1.82, 2.24) is 19.9 Å². The number of halogens is 2. The van der Waals surface area contributed by atoms with Gasteiger partial charge in [0.05, 0.1) is 47.2 Å². The van der Waals surface area contributed by atoms with Crippen molar-refractivity contribution in [3.8, 4) is 23.1 Å². The van der Waals surface area contributed by atoms with Gasteiger partial charge in [-0.2, -0.15) is 5.26 Å². The normalized spacial score (nSPS) is 15.0. The van der Waals surface area contributed by atoms with E-state index in [-0.39, 0.29) is 34.5 Å². The van der Waals surface area contributed by atoms with Crippen LogP contribution in [0.4, 0.5) is 20.2 Å². The minimum absolute atomic E-state index is 0.0185. The van der Waals surface area contributed by atoms with Crippen molar-refractivity contribution in [3.05, 3.63) is 89.1 Å². The molecule has 1 N–H and O–H groups in total. The molecule has 0 bridgehead atoms. The topological polar surface area (TPSA) is 136 Å². The lowest BCUT2D eigenvalue weighted by atomic mass is 9.89. The second kappa shape index (κ2) is 11.4. The van der Waals surface area contributed by atoms with Crippen LogP contribution in [0.15, 0.2) is 55.0 Å². The van der Waals surface area contributed by atoms with E-state index in [1.807, 2.05) is 10.6 Å². The summed E-state index contributed by atoms with van der Waals surface area (Å²) in [6.07, 6.45) is 4.23. The number of methoxy groups -OCH3 is 1. The predicted molar refractivity (Wildman–Crippen MR) is 145 cm³/mol. The molecule has 0 saturated carbocycles. The SMILES string of the molecule is CNC(=O)c1ncn2c1CC[C@H](c1ccc(-c3c(F)ccc(N(c4cc(C#N)cnc4OC)S(=O)[O-])c3F)cc1)C2. The van der Waals surface area contributed by atoms with E-state index in [1.54, 1.807) is 37.6 Å². The van der Waals surface area contributed by atoms with Gasteiger partial charge in [-0.1, -0.05) is 24.3 Å². The van der Waals surface area contributed by atoms with Gasteiger partial charge in [0.1, 0.15) is 23.3 Å². The lowest BCUT2D eigenvalue weighted by Crippen LogP contribution is -2.23. The number of anilines is 2. The number of benzene rings is 2. The summed E-state index contributed by atoms with van der Waals surface area (Å²) in [5.74, 6) is -2.31. The summed E-state index contributed by atoms with van der Waals surface area (Å²) in [4.78, 5) is 20.2. The average molecular weight is 578 g/mol. The van der Waals surface area contributed by atoms with Crippen LogP contribution in [0.2, 0.25) is 0 Å². The van der Waals surface area contributed by atoms with E-state index < -0.39 is 34.2 Å². The first-order chi connectivity index (χ1) is 19.8. The van der Waals surface area contributed by atoms with Crippen LogP contribution in [-0.2, 0) is 24.2 Å². The maximum atomic E-state index is 15.9. The molecule has 0 fully saturated rings. The summed E-state index contributed by atoms with van der Waals surface area (Å²) < 4.78 is 63.2. The molecule has 5 rings (SSSR count). The highest BCUT2D eigenvalue weighted by Gasteiger charge is 2.27. The highest BCUT2D eigenvalue weighted by atomic mass is 32.2. The Kier molecular flexibility index (Phi) is 7.78. The van der Waals surface area contributed by atoms with Crippen LogP contribution in [0.5, 0.6) is 5.88 Å². The van der Waals surface area contributed by atoms with E-state index in [4.69, 9.17) is 4.74 Å². The molecule has 1 aliphatic rings. The Balaban J connectivity index is 1.48. The number of pyridine rings is 1. The van der Waals surface area contributed by atoms with Crippen LogP contribution in [0.3, 0.4) is 0 Å². The molecule has 0 spiro atoms. The van der Waals surface area contributed by atoms with Crippen LogP contribution in [0.1, 0.15) is 39.6 Å². The molecule has 0 radical (unpaired) electrons. The van der Waals surface area contributed by atoms with Crippen molar-refractivity contribution in [2.45, 2.75) is 25.3 Å². The number of fused-ring (bicyclic) bond motifs is 1. The number of hydrogen-bond donors (Lipinski definition) is 1. The largest absolute Gasteiger partial charge is 0.755 e. The Morgan fingerprint density at radius 2 is 1.98 bits per heavy atom. The van der Waals surface area contributed by atoms with Crippen molar-refractivity contribution < 1.29 is 27.1 Å². The Morgan fingerprint density at radius 1 is 1.22 bits per heavy atom. The van der Waals surface area contributed by atoms with Gasteiger partial charge >= 0.3 is 0 Å². The Hall–Kier alpha value is -4.67. The summed E-state index contributed by atoms with van der Waals surface area (Å²) in [7, 11) is 2.80. The summed E-state index contributed by atoms with van der Waals surface area (Å²) in [6, 6.07) is 11.7. The number of hydrogen-bond acceptors (Lipinski definition) is 7. The van der Waals surface area contributed by atoms with E-state index in [2.05, 4.69) is 15.3 Å². The third kappa shape index (κ3) is 5.15. The smallest absolute Gasteiger partial charge is 0.271 e.